The van der Waals surface area contributed by atoms with Crippen LogP contribution in [0.15, 0.2) is 11.6 Å². The predicted octanol–water partition coefficient (Wildman–Crippen LogP) is -1.35. The van der Waals surface area contributed by atoms with Crippen molar-refractivity contribution in [3.63, 3.8) is 0 Å². The lowest BCUT2D eigenvalue weighted by atomic mass is 9.33. The van der Waals surface area contributed by atoms with Crippen molar-refractivity contribution >= 4 is 11.9 Å². The molecule has 5 aliphatic carbocycles. The molecule has 0 aromatic carbocycles. The van der Waals surface area contributed by atoms with Gasteiger partial charge in [-0.15, -0.1) is 0 Å². The van der Waals surface area contributed by atoms with Gasteiger partial charge in [-0.25, -0.2) is 0 Å². The standard InChI is InChI=1S/C50H80O21/c1-22(53)14-32(56)67-28-20-66-41(38(62)35(28)59)70-39-36(60)34(58)27(18-51)68-43(39)69-31-17-49(7)23(8-9-30-46(4)16-25(54)40(63)47(5,21-52)29(46)10-11-48(30,49)6)24-15-45(2,3)12-13-50(24,31)44(64)71-42-37(61)33(57)26(55)19-65-42/h8,22,24-31,33-43,51-55,57-63H,9-21H2,1-7H3/t22-,24-,25-,26+,27+,28-,29+,30+,31+,33-,34+,35-,36-,37+,38+,39+,40-,41-,42-,43-,46-,47-,48+,49+,50+/m0/s1. The zero-order chi connectivity index (χ0) is 52.1. The van der Waals surface area contributed by atoms with Crippen LogP contribution in [-0.2, 0) is 42.7 Å². The van der Waals surface area contributed by atoms with E-state index in [1.165, 1.54) is 6.92 Å². The minimum atomic E-state index is -1.92. The fourth-order valence-corrected chi connectivity index (χ4v) is 15.2. The van der Waals surface area contributed by atoms with Crippen molar-refractivity contribution in [1.82, 2.24) is 0 Å². The van der Waals surface area contributed by atoms with Gasteiger partial charge in [0.05, 0.1) is 57.3 Å². The van der Waals surface area contributed by atoms with Crippen LogP contribution in [0.4, 0.5) is 0 Å². The summed E-state index contributed by atoms with van der Waals surface area (Å²) in [6, 6.07) is 0. The number of esters is 2. The van der Waals surface area contributed by atoms with Crippen molar-refractivity contribution in [3.05, 3.63) is 11.6 Å². The quantitative estimate of drug-likeness (QED) is 0.0841. The van der Waals surface area contributed by atoms with Gasteiger partial charge in [-0.2, -0.15) is 0 Å². The molecule has 0 unspecified atom stereocenters. The highest BCUT2D eigenvalue weighted by atomic mass is 16.8. The molecule has 0 aromatic rings. The van der Waals surface area contributed by atoms with Crippen molar-refractivity contribution < 1.29 is 104 Å². The van der Waals surface area contributed by atoms with Crippen LogP contribution in [0.25, 0.3) is 0 Å². The van der Waals surface area contributed by atoms with Gasteiger partial charge >= 0.3 is 11.9 Å². The zero-order valence-corrected chi connectivity index (χ0v) is 41.9. The van der Waals surface area contributed by atoms with E-state index >= 15 is 4.79 Å². The third kappa shape index (κ3) is 9.04. The molecule has 0 amide bonds. The molecular formula is C50H80O21. The van der Waals surface area contributed by atoms with Crippen molar-refractivity contribution in [2.45, 2.75) is 211 Å². The van der Waals surface area contributed by atoms with Gasteiger partial charge < -0.3 is 94.4 Å². The molecule has 8 rings (SSSR count). The van der Waals surface area contributed by atoms with Crippen molar-refractivity contribution in [2.75, 3.05) is 26.4 Å². The Labute approximate surface area is 414 Å². The first-order valence-corrected chi connectivity index (χ1v) is 25.5. The van der Waals surface area contributed by atoms with E-state index in [9.17, 15) is 66.1 Å². The molecule has 21 nitrogen and oxygen atoms in total. The summed E-state index contributed by atoms with van der Waals surface area (Å²) in [5.74, 6) is -2.65. The number of rotatable bonds is 11. The van der Waals surface area contributed by atoms with Crippen LogP contribution in [0.1, 0.15) is 106 Å². The van der Waals surface area contributed by atoms with E-state index in [1.807, 2.05) is 6.92 Å². The van der Waals surface area contributed by atoms with E-state index in [0.29, 0.717) is 32.1 Å². The van der Waals surface area contributed by atoms with Gasteiger partial charge in [0.2, 0.25) is 6.29 Å². The number of carbonyl (C=O) groups is 2. The highest BCUT2D eigenvalue weighted by Crippen LogP contribution is 2.76. The second-order valence-electron chi connectivity index (χ2n) is 24.2. The number of hydrogen-bond acceptors (Lipinski definition) is 21. The third-order valence-electron chi connectivity index (χ3n) is 19.4. The average molecular weight is 1020 g/mol. The number of aliphatic hydroxyl groups excluding tert-OH is 12. The van der Waals surface area contributed by atoms with Gasteiger partial charge in [0.1, 0.15) is 60.4 Å². The number of carbonyl (C=O) groups excluding carboxylic acids is 2. The minimum Gasteiger partial charge on any atom is -0.457 e. The summed E-state index contributed by atoms with van der Waals surface area (Å²) in [5, 5.41) is 132. The maximum atomic E-state index is 15.6. The molecule has 0 spiro atoms. The molecule has 12 N–H and O–H groups in total. The van der Waals surface area contributed by atoms with Crippen LogP contribution < -0.4 is 0 Å². The Morgan fingerprint density at radius 2 is 1.41 bits per heavy atom. The molecule has 7 fully saturated rings. The normalized spacial score (nSPS) is 52.1. The predicted molar refractivity (Wildman–Crippen MR) is 243 cm³/mol. The summed E-state index contributed by atoms with van der Waals surface area (Å²) in [4.78, 5) is 28.0. The monoisotopic (exact) mass is 1020 g/mol. The van der Waals surface area contributed by atoms with E-state index < -0.39 is 175 Å². The summed E-state index contributed by atoms with van der Waals surface area (Å²) in [7, 11) is 0. The molecule has 3 saturated heterocycles. The molecule has 71 heavy (non-hydrogen) atoms. The molecule has 3 aliphatic heterocycles. The molecule has 8 aliphatic rings. The van der Waals surface area contributed by atoms with E-state index in [4.69, 9.17) is 33.2 Å². The van der Waals surface area contributed by atoms with Crippen LogP contribution >= 0.6 is 0 Å². The lowest BCUT2D eigenvalue weighted by Gasteiger charge is -2.72. The fourth-order valence-electron chi connectivity index (χ4n) is 15.2. The second-order valence-corrected chi connectivity index (χ2v) is 24.2. The van der Waals surface area contributed by atoms with Crippen LogP contribution in [0.3, 0.4) is 0 Å². The lowest BCUT2D eigenvalue weighted by Crippen LogP contribution is -2.70. The van der Waals surface area contributed by atoms with E-state index in [1.54, 1.807) is 0 Å². The van der Waals surface area contributed by atoms with Crippen LogP contribution in [0.2, 0.25) is 0 Å². The van der Waals surface area contributed by atoms with Gasteiger partial charge in [0, 0.05) is 5.41 Å². The number of aliphatic hydroxyl groups is 12. The molecule has 0 bridgehead atoms. The van der Waals surface area contributed by atoms with Crippen LogP contribution in [0.5, 0.6) is 0 Å². The molecule has 0 radical (unpaired) electrons. The second kappa shape index (κ2) is 19.9. The van der Waals surface area contributed by atoms with Crippen LogP contribution in [-0.4, -0.2) is 204 Å². The summed E-state index contributed by atoms with van der Waals surface area (Å²) in [6.07, 6.45) is -21.8. The van der Waals surface area contributed by atoms with Crippen molar-refractivity contribution in [3.8, 4) is 0 Å². The average Bonchev–Trinajstić information content (AvgIpc) is 3.30. The van der Waals surface area contributed by atoms with Gasteiger partial charge in [-0.3, -0.25) is 9.59 Å². The maximum absolute atomic E-state index is 15.6. The Morgan fingerprint density at radius 1 is 0.732 bits per heavy atom. The maximum Gasteiger partial charge on any atom is 0.317 e. The Bertz CT molecular complexity index is 1970. The molecule has 4 saturated carbocycles. The number of fused-ring (bicyclic) bond motifs is 7. The zero-order valence-electron chi connectivity index (χ0n) is 41.9. The Balaban J connectivity index is 1.21. The highest BCUT2D eigenvalue weighted by Gasteiger charge is 2.73. The Kier molecular flexibility index (Phi) is 15.4. The van der Waals surface area contributed by atoms with Gasteiger partial charge in [-0.1, -0.05) is 53.2 Å². The fraction of sp³-hybridized carbons (Fsp3) is 0.920. The van der Waals surface area contributed by atoms with E-state index in [-0.39, 0.29) is 43.1 Å². The molecule has 21 heteroatoms. The van der Waals surface area contributed by atoms with Gasteiger partial charge in [0.25, 0.3) is 0 Å². The summed E-state index contributed by atoms with van der Waals surface area (Å²) in [6.45, 7) is 11.8. The first-order valence-electron chi connectivity index (χ1n) is 25.5. The number of hydrogen-bond donors (Lipinski definition) is 12. The first-order chi connectivity index (χ1) is 33.1. The summed E-state index contributed by atoms with van der Waals surface area (Å²) < 4.78 is 42.3. The third-order valence-corrected chi connectivity index (χ3v) is 19.4. The van der Waals surface area contributed by atoms with E-state index in [2.05, 4.69) is 40.7 Å². The highest BCUT2D eigenvalue weighted by molar-refractivity contribution is 5.80. The lowest BCUT2D eigenvalue weighted by molar-refractivity contribution is -0.371. The first kappa shape index (κ1) is 55.2. The molecule has 0 aromatic heterocycles. The Hall–Kier alpha value is -2.00. The smallest absolute Gasteiger partial charge is 0.317 e. The van der Waals surface area contributed by atoms with Crippen molar-refractivity contribution in [1.29, 1.82) is 0 Å². The molecule has 406 valence electrons. The van der Waals surface area contributed by atoms with Gasteiger partial charge in [-0.05, 0) is 97.7 Å². The molecular weight excluding hydrogens is 937 g/mol. The van der Waals surface area contributed by atoms with Crippen LogP contribution in [0, 0.1) is 50.2 Å². The Morgan fingerprint density at radius 3 is 2.07 bits per heavy atom. The number of allylic oxidation sites excluding steroid dienone is 2. The molecule has 25 atom stereocenters. The summed E-state index contributed by atoms with van der Waals surface area (Å²) in [5.41, 5.74) is -4.02. The topological polar surface area (TPSA) is 342 Å². The van der Waals surface area contributed by atoms with Crippen molar-refractivity contribution in [2.24, 2.45) is 50.2 Å². The summed E-state index contributed by atoms with van der Waals surface area (Å²) >= 11 is 0. The minimum absolute atomic E-state index is 0.0895. The van der Waals surface area contributed by atoms with E-state index in [0.717, 1.165) is 5.57 Å². The number of ether oxygens (including phenoxy) is 7. The van der Waals surface area contributed by atoms with Gasteiger partial charge in [0.15, 0.2) is 18.7 Å². The SMILES string of the molecule is C[C@H](O)CC(=O)O[C@H]1CO[C@@H](O[C@H]2[C@H](O[C@@H]3C[C@]4(C)C(=CC[C@@H]5[C@@]6(C)C[C@H](O)[C@H](O)[C@@](C)(CO)[C@@H]6CC[C@]54C)[C@@H]4CC(C)(C)CC[C@]34C(=O)O[C@@H]3OC[C@@H](O)[C@H](O)[C@H]3O)O[C@H](CO)[C@@H](O)[C@@H]2O)[C@H](O)[C@H]1O. The largest absolute Gasteiger partial charge is 0.457 e. The molecule has 3 heterocycles.